The van der Waals surface area contributed by atoms with Gasteiger partial charge in [-0.2, -0.15) is 5.26 Å². The predicted octanol–water partition coefficient (Wildman–Crippen LogP) is 5.12. The van der Waals surface area contributed by atoms with Gasteiger partial charge in [0, 0.05) is 21.5 Å². The van der Waals surface area contributed by atoms with Crippen molar-refractivity contribution in [3.05, 3.63) is 70.9 Å². The second kappa shape index (κ2) is 9.04. The first-order valence-corrected chi connectivity index (χ1v) is 9.36. The van der Waals surface area contributed by atoms with E-state index in [-0.39, 0.29) is 11.4 Å². The molecule has 29 heavy (non-hydrogen) atoms. The highest BCUT2D eigenvalue weighted by atomic mass is 32.1. The van der Waals surface area contributed by atoms with Crippen LogP contribution in [0.5, 0.6) is 11.5 Å². The van der Waals surface area contributed by atoms with Gasteiger partial charge in [-0.3, -0.25) is 4.79 Å². The van der Waals surface area contributed by atoms with E-state index in [1.54, 1.807) is 30.3 Å². The van der Waals surface area contributed by atoms with Crippen molar-refractivity contribution in [3.8, 4) is 28.0 Å². The Labute approximate surface area is 171 Å². The number of nitrogens with zero attached hydrogens (tertiary/aromatic N) is 1. The number of halogens is 1. The molecule has 0 saturated heterocycles. The van der Waals surface area contributed by atoms with E-state index in [1.165, 1.54) is 43.8 Å². The highest BCUT2D eigenvalue weighted by molar-refractivity contribution is 7.16. The van der Waals surface area contributed by atoms with Crippen LogP contribution in [0.4, 0.5) is 10.1 Å². The van der Waals surface area contributed by atoms with Crippen LogP contribution in [0.3, 0.4) is 0 Å². The van der Waals surface area contributed by atoms with Crippen LogP contribution < -0.4 is 14.8 Å². The molecule has 2 aromatic carbocycles. The van der Waals surface area contributed by atoms with E-state index < -0.39 is 5.91 Å². The van der Waals surface area contributed by atoms with Gasteiger partial charge in [-0.25, -0.2) is 4.39 Å². The lowest BCUT2D eigenvalue weighted by Crippen LogP contribution is -2.13. The minimum atomic E-state index is -0.531. The molecule has 0 radical (unpaired) electrons. The van der Waals surface area contributed by atoms with E-state index in [1.807, 2.05) is 18.2 Å². The molecule has 1 N–H and O–H groups in total. The Kier molecular flexibility index (Phi) is 6.27. The number of carbonyl (C=O) groups excluding carboxylic acids is 1. The van der Waals surface area contributed by atoms with Crippen molar-refractivity contribution < 1.29 is 18.7 Å². The lowest BCUT2D eigenvalue weighted by Gasteiger charge is -2.10. The van der Waals surface area contributed by atoms with Crippen LogP contribution in [0.2, 0.25) is 0 Å². The summed E-state index contributed by atoms with van der Waals surface area (Å²) in [6, 6.07) is 16.7. The molecule has 5 nitrogen and oxygen atoms in total. The molecule has 3 aromatic rings. The van der Waals surface area contributed by atoms with Crippen molar-refractivity contribution >= 4 is 29.0 Å². The molecule has 0 bridgehead atoms. The first-order valence-electron chi connectivity index (χ1n) is 8.55. The quantitative estimate of drug-likeness (QED) is 0.454. The summed E-state index contributed by atoms with van der Waals surface area (Å²) >= 11 is 1.40. The van der Waals surface area contributed by atoms with Gasteiger partial charge < -0.3 is 14.8 Å². The number of carbonyl (C=O) groups is 1. The Morgan fingerprint density at radius 3 is 2.45 bits per heavy atom. The molecule has 146 valence electrons. The molecular weight excluding hydrogens is 391 g/mol. The SMILES string of the molecule is COc1ccc(NC(=O)/C(C#N)=C/c2ccc(-c3ccc(F)cc3)s2)cc1OC. The lowest BCUT2D eigenvalue weighted by atomic mass is 10.2. The van der Waals surface area contributed by atoms with Crippen LogP contribution in [0.15, 0.2) is 60.2 Å². The third kappa shape index (κ3) is 4.81. The summed E-state index contributed by atoms with van der Waals surface area (Å²) in [5, 5.41) is 12.1. The smallest absolute Gasteiger partial charge is 0.266 e. The largest absolute Gasteiger partial charge is 0.493 e. The van der Waals surface area contributed by atoms with Gasteiger partial charge in [0.05, 0.1) is 14.2 Å². The minimum Gasteiger partial charge on any atom is -0.493 e. The number of hydrogen-bond acceptors (Lipinski definition) is 5. The topological polar surface area (TPSA) is 71.3 Å². The van der Waals surface area contributed by atoms with E-state index in [4.69, 9.17) is 9.47 Å². The Hall–Kier alpha value is -3.63. The molecule has 0 fully saturated rings. The van der Waals surface area contributed by atoms with E-state index in [9.17, 15) is 14.4 Å². The fourth-order valence-electron chi connectivity index (χ4n) is 2.60. The highest BCUT2D eigenvalue weighted by Crippen LogP contribution is 2.31. The molecule has 0 spiro atoms. The van der Waals surface area contributed by atoms with Gasteiger partial charge in [-0.15, -0.1) is 11.3 Å². The Morgan fingerprint density at radius 2 is 1.79 bits per heavy atom. The van der Waals surface area contributed by atoms with Crippen LogP contribution in [0.25, 0.3) is 16.5 Å². The number of nitriles is 1. The number of benzene rings is 2. The van der Waals surface area contributed by atoms with Gasteiger partial charge in [-0.1, -0.05) is 12.1 Å². The second-order valence-corrected chi connectivity index (χ2v) is 7.02. The average Bonchev–Trinajstić information content (AvgIpc) is 3.21. The monoisotopic (exact) mass is 408 g/mol. The van der Waals surface area contributed by atoms with Gasteiger partial charge in [0.2, 0.25) is 0 Å². The summed E-state index contributed by atoms with van der Waals surface area (Å²) in [5.41, 5.74) is 1.31. The normalized spacial score (nSPS) is 10.9. The number of amides is 1. The number of nitrogens with one attached hydrogen (secondary N) is 1. The van der Waals surface area contributed by atoms with Crippen molar-refractivity contribution in [1.29, 1.82) is 5.26 Å². The number of hydrogen-bond donors (Lipinski definition) is 1. The van der Waals surface area contributed by atoms with E-state index in [0.717, 1.165) is 15.3 Å². The van der Waals surface area contributed by atoms with E-state index in [2.05, 4.69) is 5.32 Å². The van der Waals surface area contributed by atoms with Crippen LogP contribution in [0.1, 0.15) is 4.88 Å². The maximum Gasteiger partial charge on any atom is 0.266 e. The van der Waals surface area contributed by atoms with Gasteiger partial charge >= 0.3 is 0 Å². The Bertz CT molecular complexity index is 1100. The van der Waals surface area contributed by atoms with E-state index in [0.29, 0.717) is 17.2 Å². The summed E-state index contributed by atoms with van der Waals surface area (Å²) in [5.74, 6) is 0.170. The third-order valence-corrected chi connectivity index (χ3v) is 5.13. The van der Waals surface area contributed by atoms with Gasteiger partial charge in [-0.05, 0) is 48.0 Å². The zero-order valence-electron chi connectivity index (χ0n) is 15.7. The molecule has 1 amide bonds. The Morgan fingerprint density at radius 1 is 1.07 bits per heavy atom. The van der Waals surface area contributed by atoms with E-state index >= 15 is 0 Å². The summed E-state index contributed by atoms with van der Waals surface area (Å²) in [7, 11) is 3.02. The molecule has 0 aliphatic rings. The van der Waals surface area contributed by atoms with Crippen LogP contribution in [0, 0.1) is 17.1 Å². The van der Waals surface area contributed by atoms with Crippen molar-refractivity contribution in [3.63, 3.8) is 0 Å². The first kappa shape index (κ1) is 20.1. The number of thiophene rings is 1. The average molecular weight is 408 g/mol. The predicted molar refractivity (Wildman–Crippen MR) is 111 cm³/mol. The zero-order chi connectivity index (χ0) is 20.8. The molecule has 0 aliphatic carbocycles. The molecule has 1 heterocycles. The fraction of sp³-hybridized carbons (Fsp3) is 0.0909. The van der Waals surface area contributed by atoms with Crippen molar-refractivity contribution in [1.82, 2.24) is 0 Å². The number of ether oxygens (including phenoxy) is 2. The molecule has 0 saturated carbocycles. The van der Waals surface area contributed by atoms with Crippen molar-refractivity contribution in [2.45, 2.75) is 0 Å². The third-order valence-electron chi connectivity index (χ3n) is 4.05. The fourth-order valence-corrected chi connectivity index (χ4v) is 3.56. The maximum absolute atomic E-state index is 13.1. The highest BCUT2D eigenvalue weighted by Gasteiger charge is 2.12. The number of rotatable bonds is 6. The summed E-state index contributed by atoms with van der Waals surface area (Å²) in [6.07, 6.45) is 1.52. The molecular formula is C22H17FN2O3S. The lowest BCUT2D eigenvalue weighted by molar-refractivity contribution is -0.112. The molecule has 1 aromatic heterocycles. The summed E-state index contributed by atoms with van der Waals surface area (Å²) in [4.78, 5) is 14.2. The van der Waals surface area contributed by atoms with Crippen molar-refractivity contribution in [2.24, 2.45) is 0 Å². The van der Waals surface area contributed by atoms with Crippen LogP contribution in [-0.2, 0) is 4.79 Å². The first-order chi connectivity index (χ1) is 14.0. The van der Waals surface area contributed by atoms with Crippen LogP contribution in [-0.4, -0.2) is 20.1 Å². The van der Waals surface area contributed by atoms with Crippen LogP contribution >= 0.6 is 11.3 Å². The molecule has 7 heteroatoms. The standard InChI is InChI=1S/C22H17FN2O3S/c1-27-19-9-7-17(12-20(19)28-2)25-22(26)15(13-24)11-18-8-10-21(29-18)14-3-5-16(23)6-4-14/h3-12H,1-2H3,(H,25,26)/b15-11+. The second-order valence-electron chi connectivity index (χ2n) is 5.90. The molecule has 3 rings (SSSR count). The minimum absolute atomic E-state index is 0.0349. The van der Waals surface area contributed by atoms with Crippen molar-refractivity contribution in [2.75, 3.05) is 19.5 Å². The zero-order valence-corrected chi connectivity index (χ0v) is 16.5. The Balaban J connectivity index is 1.79. The van der Waals surface area contributed by atoms with Gasteiger partial charge in [0.1, 0.15) is 17.5 Å². The number of methoxy groups -OCH3 is 2. The number of anilines is 1. The summed E-state index contributed by atoms with van der Waals surface area (Å²) < 4.78 is 23.5. The maximum atomic E-state index is 13.1. The van der Waals surface area contributed by atoms with Gasteiger partial charge in [0.15, 0.2) is 11.5 Å². The van der Waals surface area contributed by atoms with Gasteiger partial charge in [0.25, 0.3) is 5.91 Å². The molecule has 0 unspecified atom stereocenters. The molecule has 0 aliphatic heterocycles. The summed E-state index contributed by atoms with van der Waals surface area (Å²) in [6.45, 7) is 0. The molecule has 0 atom stereocenters.